The minimum atomic E-state index is 1.13. The Balaban J connectivity index is 0.900. The lowest BCUT2D eigenvalue weighted by Crippen LogP contribution is -1.97. The van der Waals surface area contributed by atoms with Gasteiger partial charge < -0.3 is 18.3 Å². The van der Waals surface area contributed by atoms with Gasteiger partial charge in [-0.15, -0.1) is 11.3 Å². The Morgan fingerprint density at radius 1 is 0.298 bits per heavy atom. The molecule has 0 saturated heterocycles. The topological polar surface area (TPSA) is 19.7 Å². The first-order valence-electron chi connectivity index (χ1n) is 19.4. The molecule has 13 aromatic rings. The molecule has 5 aromatic heterocycles. The van der Waals surface area contributed by atoms with Gasteiger partial charge in [-0.05, 0) is 103 Å². The average Bonchev–Trinajstić information content (AvgIpc) is 4.09. The van der Waals surface area contributed by atoms with Crippen molar-refractivity contribution in [2.75, 3.05) is 0 Å². The summed E-state index contributed by atoms with van der Waals surface area (Å²) in [5.41, 5.74) is 11.9. The van der Waals surface area contributed by atoms with Crippen LogP contribution in [0.25, 0.3) is 108 Å². The third-order valence-corrected chi connectivity index (χ3v) is 13.2. The van der Waals surface area contributed by atoms with E-state index in [-0.39, 0.29) is 0 Å². The SMILES string of the molecule is c1ccc2c(c1)sc1cc3c4ccccc4n(-c4ccc(-n5ccc6ccc7c(ccn7-c7ccc(-n8c9ccccc9c9ccccc98)cc7)c65)cc4)c3cc12. The summed E-state index contributed by atoms with van der Waals surface area (Å²) in [6, 6.07) is 66.7. The van der Waals surface area contributed by atoms with Gasteiger partial charge >= 0.3 is 0 Å². The van der Waals surface area contributed by atoms with E-state index < -0.39 is 0 Å². The highest BCUT2D eigenvalue weighted by Crippen LogP contribution is 2.41. The molecule has 0 fully saturated rings. The predicted octanol–water partition coefficient (Wildman–Crippen LogP) is 14.1. The predicted molar refractivity (Wildman–Crippen MR) is 242 cm³/mol. The zero-order chi connectivity index (χ0) is 37.2. The minimum absolute atomic E-state index is 1.13. The fourth-order valence-electron chi connectivity index (χ4n) is 9.48. The zero-order valence-corrected chi connectivity index (χ0v) is 31.5. The van der Waals surface area contributed by atoms with Crippen molar-refractivity contribution in [1.82, 2.24) is 18.3 Å². The Bertz CT molecular complexity index is 3680. The standard InChI is InChI=1S/C52H32N4S/c1-5-13-46-38(9-1)39-10-2-6-14-47(39)55(46)36-22-18-34(19-23-36)53-30-28-42-45(53)26-17-33-27-29-54(52(33)42)35-20-24-37(25-21-35)56-48-15-7-3-11-40(48)43-32-51-44(31-49(43)56)41-12-4-8-16-50(41)57-51/h1-32H. The minimum Gasteiger partial charge on any atom is -0.316 e. The first kappa shape index (κ1) is 30.9. The number of thiophene rings is 1. The highest BCUT2D eigenvalue weighted by Gasteiger charge is 2.17. The van der Waals surface area contributed by atoms with Crippen LogP contribution in [0.5, 0.6) is 0 Å². The lowest BCUT2D eigenvalue weighted by molar-refractivity contribution is 1.11. The third kappa shape index (κ3) is 4.37. The van der Waals surface area contributed by atoms with Crippen LogP contribution >= 0.6 is 11.3 Å². The first-order chi connectivity index (χ1) is 28.3. The second-order valence-electron chi connectivity index (χ2n) is 15.0. The number of nitrogens with zero attached hydrogens (tertiary/aromatic N) is 4. The van der Waals surface area contributed by atoms with Crippen LogP contribution in [0.2, 0.25) is 0 Å². The maximum absolute atomic E-state index is 2.43. The van der Waals surface area contributed by atoms with E-state index in [4.69, 9.17) is 0 Å². The van der Waals surface area contributed by atoms with Gasteiger partial charge in [0.15, 0.2) is 0 Å². The molecule has 0 saturated carbocycles. The van der Waals surface area contributed by atoms with Gasteiger partial charge in [0.05, 0.1) is 33.1 Å². The van der Waals surface area contributed by atoms with Gasteiger partial charge in [0, 0.05) is 87.6 Å². The van der Waals surface area contributed by atoms with Crippen LogP contribution in [0, 0.1) is 0 Å². The van der Waals surface area contributed by atoms with Gasteiger partial charge in [-0.25, -0.2) is 0 Å². The lowest BCUT2D eigenvalue weighted by atomic mass is 10.1. The summed E-state index contributed by atoms with van der Waals surface area (Å²) in [6.45, 7) is 0. The largest absolute Gasteiger partial charge is 0.316 e. The molecule has 0 N–H and O–H groups in total. The van der Waals surface area contributed by atoms with Gasteiger partial charge in [-0.3, -0.25) is 0 Å². The van der Waals surface area contributed by atoms with Crippen LogP contribution in [-0.2, 0) is 0 Å². The monoisotopic (exact) mass is 744 g/mol. The van der Waals surface area contributed by atoms with E-state index in [0.29, 0.717) is 0 Å². The average molecular weight is 745 g/mol. The van der Waals surface area contributed by atoms with Crippen LogP contribution in [-0.4, -0.2) is 18.3 Å². The van der Waals surface area contributed by atoms with Gasteiger partial charge in [-0.2, -0.15) is 0 Å². The summed E-state index contributed by atoms with van der Waals surface area (Å²) < 4.78 is 12.1. The molecule has 0 amide bonds. The summed E-state index contributed by atoms with van der Waals surface area (Å²) in [5, 5.41) is 10.2. The maximum atomic E-state index is 2.43. The van der Waals surface area contributed by atoms with Crippen LogP contribution in [0.4, 0.5) is 0 Å². The van der Waals surface area contributed by atoms with E-state index in [2.05, 4.69) is 213 Å². The smallest absolute Gasteiger partial charge is 0.0622 e. The summed E-state index contributed by atoms with van der Waals surface area (Å²) in [7, 11) is 0. The highest BCUT2D eigenvalue weighted by molar-refractivity contribution is 7.25. The van der Waals surface area contributed by atoms with E-state index in [0.717, 1.165) is 22.7 Å². The van der Waals surface area contributed by atoms with Crippen molar-refractivity contribution in [3.05, 3.63) is 194 Å². The fourth-order valence-corrected chi connectivity index (χ4v) is 10.6. The van der Waals surface area contributed by atoms with Crippen molar-refractivity contribution in [2.45, 2.75) is 0 Å². The molecule has 0 aliphatic carbocycles. The number of fused-ring (bicyclic) bond motifs is 12. The molecule has 266 valence electrons. The van der Waals surface area contributed by atoms with Crippen LogP contribution in [0.1, 0.15) is 0 Å². The number of hydrogen-bond acceptors (Lipinski definition) is 1. The maximum Gasteiger partial charge on any atom is 0.0622 e. The first-order valence-corrected chi connectivity index (χ1v) is 20.2. The molecule has 0 aliphatic rings. The molecule has 57 heavy (non-hydrogen) atoms. The molecule has 4 nitrogen and oxygen atoms in total. The van der Waals surface area contributed by atoms with E-state index in [1.807, 2.05) is 11.3 Å². The summed E-state index contributed by atoms with van der Waals surface area (Å²) in [4.78, 5) is 0. The summed E-state index contributed by atoms with van der Waals surface area (Å²) >= 11 is 1.88. The van der Waals surface area contributed by atoms with Crippen LogP contribution < -0.4 is 0 Å². The molecular weight excluding hydrogens is 713 g/mol. The number of para-hydroxylation sites is 3. The van der Waals surface area contributed by atoms with Crippen molar-refractivity contribution < 1.29 is 0 Å². The summed E-state index contributed by atoms with van der Waals surface area (Å²) in [5.74, 6) is 0. The number of benzene rings is 8. The van der Waals surface area contributed by atoms with Gasteiger partial charge in [0.1, 0.15) is 0 Å². The van der Waals surface area contributed by atoms with E-state index in [1.54, 1.807) is 0 Å². The molecule has 0 atom stereocenters. The molecule has 0 aliphatic heterocycles. The van der Waals surface area contributed by atoms with E-state index >= 15 is 0 Å². The molecule has 0 bridgehead atoms. The van der Waals surface area contributed by atoms with Gasteiger partial charge in [0.2, 0.25) is 0 Å². The van der Waals surface area contributed by atoms with Crippen LogP contribution in [0.3, 0.4) is 0 Å². The van der Waals surface area contributed by atoms with Gasteiger partial charge in [-0.1, -0.05) is 78.9 Å². The van der Waals surface area contributed by atoms with Crippen molar-refractivity contribution in [2.24, 2.45) is 0 Å². The van der Waals surface area contributed by atoms with Crippen molar-refractivity contribution in [1.29, 1.82) is 0 Å². The third-order valence-electron chi connectivity index (χ3n) is 12.0. The molecular formula is C52H32N4S. The molecule has 0 spiro atoms. The number of rotatable bonds is 4. The normalized spacial score (nSPS) is 12.2. The van der Waals surface area contributed by atoms with E-state index in [9.17, 15) is 0 Å². The zero-order valence-electron chi connectivity index (χ0n) is 30.7. The quantitative estimate of drug-likeness (QED) is 0.171. The Morgan fingerprint density at radius 3 is 1.49 bits per heavy atom. The Kier molecular flexibility index (Phi) is 6.29. The van der Waals surface area contributed by atoms with E-state index in [1.165, 1.54) is 85.6 Å². The molecule has 5 heteroatoms. The van der Waals surface area contributed by atoms with Crippen LogP contribution in [0.15, 0.2) is 194 Å². The molecule has 5 heterocycles. The Morgan fingerprint density at radius 2 is 0.825 bits per heavy atom. The number of hydrogen-bond donors (Lipinski definition) is 0. The highest BCUT2D eigenvalue weighted by atomic mass is 32.1. The number of aromatic nitrogens is 4. The Hall–Kier alpha value is -7.34. The fraction of sp³-hybridized carbons (Fsp3) is 0. The molecule has 8 aromatic carbocycles. The Labute approximate surface area is 330 Å². The van der Waals surface area contributed by atoms with Crippen molar-refractivity contribution in [3.8, 4) is 22.7 Å². The molecule has 0 radical (unpaired) electrons. The molecule has 13 rings (SSSR count). The van der Waals surface area contributed by atoms with Crippen molar-refractivity contribution >= 4 is 96.9 Å². The lowest BCUT2D eigenvalue weighted by Gasteiger charge is -2.12. The second kappa shape index (κ2) is 11.6. The van der Waals surface area contributed by atoms with Crippen molar-refractivity contribution in [3.63, 3.8) is 0 Å². The second-order valence-corrected chi connectivity index (χ2v) is 16.1. The van der Waals surface area contributed by atoms with Gasteiger partial charge in [0.25, 0.3) is 0 Å². The molecule has 0 unspecified atom stereocenters. The summed E-state index contributed by atoms with van der Waals surface area (Å²) in [6.07, 6.45) is 4.41.